The lowest BCUT2D eigenvalue weighted by Gasteiger charge is -2.25. The number of aliphatic hydroxyl groups excluding tert-OH is 1. The van der Waals surface area contributed by atoms with Gasteiger partial charge in [-0.25, -0.2) is 9.78 Å². The summed E-state index contributed by atoms with van der Waals surface area (Å²) in [5.41, 5.74) is 9.80. The minimum Gasteiger partial charge on any atom is -0.475 e. The van der Waals surface area contributed by atoms with E-state index >= 15 is 0 Å². The van der Waals surface area contributed by atoms with E-state index in [4.69, 9.17) is 20.1 Å². The molecule has 5 aromatic heterocycles. The summed E-state index contributed by atoms with van der Waals surface area (Å²) in [7, 11) is 0. The van der Waals surface area contributed by atoms with E-state index in [2.05, 4.69) is 34.3 Å². The van der Waals surface area contributed by atoms with Crippen LogP contribution in [-0.4, -0.2) is 48.2 Å². The minimum absolute atomic E-state index is 0.181. The van der Waals surface area contributed by atoms with Crippen molar-refractivity contribution in [2.24, 2.45) is 0 Å². The Morgan fingerprint density at radius 1 is 1.18 bits per heavy atom. The monoisotopic (exact) mass is 559 g/mol. The molecular weight excluding hydrogens is 535 g/mol. The van der Waals surface area contributed by atoms with Crippen LogP contribution in [0.25, 0.3) is 43.5 Å². The highest BCUT2D eigenvalue weighted by molar-refractivity contribution is 7.19. The molecule has 1 aliphatic rings. The van der Waals surface area contributed by atoms with Crippen molar-refractivity contribution in [1.29, 1.82) is 0 Å². The number of fused-ring (bicyclic) bond motifs is 2. The Kier molecular flexibility index (Phi) is 7.03. The molecule has 13 heteroatoms. The van der Waals surface area contributed by atoms with Crippen LogP contribution in [0.15, 0.2) is 47.5 Å². The second-order valence-corrected chi connectivity index (χ2v) is 10.5. The number of aromatic nitrogens is 4. The van der Waals surface area contributed by atoms with Gasteiger partial charge in [0.25, 0.3) is 0 Å². The molecule has 0 spiro atoms. The van der Waals surface area contributed by atoms with Crippen LogP contribution in [0.3, 0.4) is 0 Å². The number of rotatable bonds is 3. The first-order valence-electron chi connectivity index (χ1n) is 12.1. The number of hydrogen-bond donors (Lipinski definition) is 3. The van der Waals surface area contributed by atoms with Gasteiger partial charge in [0.2, 0.25) is 0 Å². The first-order chi connectivity index (χ1) is 18.5. The van der Waals surface area contributed by atoms with Crippen LogP contribution in [-0.2, 0) is 4.79 Å². The largest absolute Gasteiger partial charge is 0.490 e. The lowest BCUT2D eigenvalue weighted by molar-refractivity contribution is -0.192. The number of nitrogen functional groups attached to an aromatic ring is 1. The maximum atomic E-state index is 10.6. The van der Waals surface area contributed by atoms with Gasteiger partial charge in [0.1, 0.15) is 5.76 Å². The van der Waals surface area contributed by atoms with Crippen LogP contribution in [0.5, 0.6) is 0 Å². The molecular formula is C26H24F3N5O4S. The van der Waals surface area contributed by atoms with Crippen LogP contribution in [0.4, 0.5) is 19.0 Å². The number of aryl methyl sites for hydroxylation is 1. The number of thiophene rings is 1. The quantitative estimate of drug-likeness (QED) is 0.246. The third-order valence-corrected chi connectivity index (χ3v) is 7.75. The van der Waals surface area contributed by atoms with Crippen molar-refractivity contribution in [3.8, 4) is 22.5 Å². The van der Waals surface area contributed by atoms with Gasteiger partial charge in [-0.2, -0.15) is 18.3 Å². The second-order valence-electron chi connectivity index (χ2n) is 9.29. The average Bonchev–Trinajstić information content (AvgIpc) is 3.61. The summed E-state index contributed by atoms with van der Waals surface area (Å²) in [6, 6.07) is 4.40. The average molecular weight is 560 g/mol. The highest BCUT2D eigenvalue weighted by atomic mass is 32.1. The summed E-state index contributed by atoms with van der Waals surface area (Å²) < 4.78 is 41.2. The number of nitrogens with two attached hydrogens (primary N) is 1. The molecule has 6 rings (SSSR count). The molecule has 5 aromatic rings. The molecule has 9 nitrogen and oxygen atoms in total. The smallest absolute Gasteiger partial charge is 0.475 e. The van der Waals surface area contributed by atoms with Gasteiger partial charge in [-0.3, -0.25) is 9.67 Å². The molecule has 1 fully saturated rings. The Labute approximate surface area is 223 Å². The molecule has 1 saturated carbocycles. The third-order valence-electron chi connectivity index (χ3n) is 6.70. The Hall–Kier alpha value is -3.97. The normalized spacial score (nSPS) is 17.8. The standard InChI is InChI=1S/C24H23N5O2S.C2HF3O2/c1-13-22(17-6-7-26-11-21(17)32-13)20-8-18-19(10-27-24(25)23(18)31-20)14-9-28-29(12-14)15-2-4-16(30)5-3-15;3-2(4,5)1(6)7/h6-12,15-16,30H,2-5H2,1H3,(H2,25,27);(H,6,7). The van der Waals surface area contributed by atoms with Crippen molar-refractivity contribution >= 4 is 44.2 Å². The number of aliphatic hydroxyl groups is 1. The number of furan rings is 1. The first kappa shape index (κ1) is 26.6. The highest BCUT2D eigenvalue weighted by Gasteiger charge is 2.38. The fraction of sp³-hybridized carbons (Fsp3) is 0.308. The van der Waals surface area contributed by atoms with Gasteiger partial charge < -0.3 is 20.4 Å². The maximum Gasteiger partial charge on any atom is 0.490 e. The predicted molar refractivity (Wildman–Crippen MR) is 140 cm³/mol. The van der Waals surface area contributed by atoms with Crippen LogP contribution < -0.4 is 5.73 Å². The number of nitrogens with zero attached hydrogens (tertiary/aromatic N) is 4. The van der Waals surface area contributed by atoms with E-state index < -0.39 is 12.1 Å². The number of alkyl halides is 3. The molecule has 0 bridgehead atoms. The van der Waals surface area contributed by atoms with Gasteiger partial charge in [0.05, 0.1) is 23.0 Å². The number of carboxylic acids is 1. The molecule has 5 heterocycles. The van der Waals surface area contributed by atoms with Crippen molar-refractivity contribution in [3.63, 3.8) is 0 Å². The summed E-state index contributed by atoms with van der Waals surface area (Å²) >= 11 is 1.71. The number of pyridine rings is 2. The molecule has 0 saturated heterocycles. The van der Waals surface area contributed by atoms with Crippen molar-refractivity contribution in [3.05, 3.63) is 48.0 Å². The van der Waals surface area contributed by atoms with Crippen molar-refractivity contribution in [1.82, 2.24) is 19.7 Å². The van der Waals surface area contributed by atoms with Gasteiger partial charge in [0, 0.05) is 57.1 Å². The van der Waals surface area contributed by atoms with E-state index in [1.807, 2.05) is 23.1 Å². The van der Waals surface area contributed by atoms with E-state index in [0.29, 0.717) is 17.4 Å². The molecule has 204 valence electrons. The van der Waals surface area contributed by atoms with E-state index in [9.17, 15) is 18.3 Å². The summed E-state index contributed by atoms with van der Waals surface area (Å²) in [6.07, 6.45) is 7.69. The Morgan fingerprint density at radius 3 is 2.59 bits per heavy atom. The fourth-order valence-corrected chi connectivity index (χ4v) is 5.81. The van der Waals surface area contributed by atoms with E-state index in [1.165, 1.54) is 4.88 Å². The van der Waals surface area contributed by atoms with Gasteiger partial charge in [0.15, 0.2) is 11.4 Å². The number of halogens is 3. The van der Waals surface area contributed by atoms with Gasteiger partial charge in [-0.05, 0) is 44.7 Å². The molecule has 1 aliphatic carbocycles. The van der Waals surface area contributed by atoms with Crippen LogP contribution >= 0.6 is 11.3 Å². The van der Waals surface area contributed by atoms with Crippen molar-refractivity contribution in [2.45, 2.75) is 50.9 Å². The molecule has 0 unspecified atom stereocenters. The minimum atomic E-state index is -5.08. The Morgan fingerprint density at radius 2 is 1.90 bits per heavy atom. The molecule has 4 N–H and O–H groups in total. The SMILES string of the molecule is Cc1sc2cnccc2c1-c1cc2c(-c3cnn(C4CCC(O)CC4)c3)cnc(N)c2o1.O=C(O)C(F)(F)F. The fourth-order valence-electron chi connectivity index (χ4n) is 4.78. The summed E-state index contributed by atoms with van der Waals surface area (Å²) in [4.78, 5) is 18.7. The molecule has 0 aromatic carbocycles. The Balaban J connectivity index is 0.000000392. The lowest BCUT2D eigenvalue weighted by atomic mass is 9.93. The number of anilines is 1. The number of carbonyl (C=O) groups is 1. The molecule has 0 atom stereocenters. The van der Waals surface area contributed by atoms with Gasteiger partial charge >= 0.3 is 12.1 Å². The zero-order valence-corrected chi connectivity index (χ0v) is 21.5. The molecule has 39 heavy (non-hydrogen) atoms. The number of hydrogen-bond acceptors (Lipinski definition) is 8. The maximum absolute atomic E-state index is 10.6. The lowest BCUT2D eigenvalue weighted by Crippen LogP contribution is -2.21. The third kappa shape index (κ3) is 5.32. The molecule has 0 amide bonds. The second kappa shape index (κ2) is 10.3. The summed E-state index contributed by atoms with van der Waals surface area (Å²) in [5.74, 6) is -1.60. The topological polar surface area (TPSA) is 140 Å². The van der Waals surface area contributed by atoms with E-state index in [0.717, 1.165) is 63.6 Å². The van der Waals surface area contributed by atoms with E-state index in [1.54, 1.807) is 23.7 Å². The van der Waals surface area contributed by atoms with Gasteiger partial charge in [-0.1, -0.05) is 0 Å². The predicted octanol–water partition coefficient (Wildman–Crippen LogP) is 5.97. The van der Waals surface area contributed by atoms with Gasteiger partial charge in [-0.15, -0.1) is 11.3 Å². The van der Waals surface area contributed by atoms with E-state index in [-0.39, 0.29) is 6.10 Å². The highest BCUT2D eigenvalue weighted by Crippen LogP contribution is 2.42. The zero-order chi connectivity index (χ0) is 27.9. The number of aliphatic carboxylic acids is 1. The van der Waals surface area contributed by atoms with Crippen LogP contribution in [0.1, 0.15) is 36.6 Å². The molecule has 0 aliphatic heterocycles. The Bertz CT molecular complexity index is 1650. The summed E-state index contributed by atoms with van der Waals surface area (Å²) in [6.45, 7) is 2.10. The summed E-state index contributed by atoms with van der Waals surface area (Å²) in [5, 5.41) is 23.6. The molecule has 0 radical (unpaired) electrons. The van der Waals surface area contributed by atoms with Crippen molar-refractivity contribution in [2.75, 3.05) is 5.73 Å². The van der Waals surface area contributed by atoms with Crippen LogP contribution in [0, 0.1) is 6.92 Å². The first-order valence-corrected chi connectivity index (χ1v) is 12.9. The zero-order valence-electron chi connectivity index (χ0n) is 20.6. The van der Waals surface area contributed by atoms with Crippen molar-refractivity contribution < 1.29 is 32.6 Å². The number of carboxylic acid groups (broad SMARTS) is 1. The van der Waals surface area contributed by atoms with Crippen LogP contribution in [0.2, 0.25) is 0 Å².